The fourth-order valence-corrected chi connectivity index (χ4v) is 4.66. The Morgan fingerprint density at radius 3 is 2.71 bits per heavy atom. The normalized spacial score (nSPS) is 36.8. The second-order valence-electron chi connectivity index (χ2n) is 8.26. The minimum Gasteiger partial charge on any atom is -0.352 e. The molecule has 7 atom stereocenters. The first kappa shape index (κ1) is 20.7. The van der Waals surface area contributed by atoms with E-state index in [0.717, 1.165) is 12.8 Å². The molecule has 2 fully saturated rings. The second kappa shape index (κ2) is 8.56. The van der Waals surface area contributed by atoms with Gasteiger partial charge in [-0.05, 0) is 39.5 Å². The summed E-state index contributed by atoms with van der Waals surface area (Å²) in [6, 6.07) is 1.74. The summed E-state index contributed by atoms with van der Waals surface area (Å²) >= 11 is 0. The van der Waals surface area contributed by atoms with Crippen molar-refractivity contribution in [2.75, 3.05) is 6.54 Å². The Hall–Kier alpha value is -2.01. The summed E-state index contributed by atoms with van der Waals surface area (Å²) in [5.41, 5.74) is 0.725. The highest BCUT2D eigenvalue weighted by atomic mass is 19.2. The smallest absolute Gasteiger partial charge is 0.247 e. The topological polar surface area (TPSA) is 94.0 Å². The van der Waals surface area contributed by atoms with Gasteiger partial charge in [-0.3, -0.25) is 9.59 Å². The number of nitrogens with one attached hydrogen (secondary N) is 3. The van der Waals surface area contributed by atoms with Gasteiger partial charge in [0, 0.05) is 36.2 Å². The minimum absolute atomic E-state index is 0.00527. The number of hydrogen-bond acceptors (Lipinski definition) is 4. The van der Waals surface area contributed by atoms with Gasteiger partial charge >= 0.3 is 0 Å². The first-order chi connectivity index (χ1) is 13.3. The number of nitrogens with zero attached hydrogens (tertiary/aromatic N) is 1. The van der Waals surface area contributed by atoms with Crippen molar-refractivity contribution in [2.24, 2.45) is 11.8 Å². The van der Waals surface area contributed by atoms with Crippen LogP contribution in [0.2, 0.25) is 0 Å². The van der Waals surface area contributed by atoms with Crippen LogP contribution in [-0.4, -0.2) is 48.8 Å². The average molecular weight is 394 g/mol. The molecule has 0 aromatic heterocycles. The Morgan fingerprint density at radius 1 is 1.32 bits per heavy atom. The predicted octanol–water partition coefficient (Wildman–Crippen LogP) is 1.67. The molecule has 8 heteroatoms. The van der Waals surface area contributed by atoms with Crippen LogP contribution in [0.5, 0.6) is 0 Å². The molecule has 1 saturated carbocycles. The lowest BCUT2D eigenvalue weighted by molar-refractivity contribution is -0.125. The lowest BCUT2D eigenvalue weighted by Crippen LogP contribution is -2.55. The fraction of sp³-hybridized carbons (Fsp3) is 0.750. The van der Waals surface area contributed by atoms with Crippen LogP contribution in [0.15, 0.2) is 11.1 Å². The fourth-order valence-electron chi connectivity index (χ4n) is 4.66. The Kier molecular flexibility index (Phi) is 6.33. The molecule has 0 spiro atoms. The highest BCUT2D eigenvalue weighted by molar-refractivity contribution is 6.00. The van der Waals surface area contributed by atoms with Gasteiger partial charge in [0.1, 0.15) is 12.3 Å². The molecule has 3 aliphatic rings. The van der Waals surface area contributed by atoms with Crippen LogP contribution in [0.1, 0.15) is 46.0 Å². The van der Waals surface area contributed by atoms with Gasteiger partial charge in [0.25, 0.3) is 0 Å². The molecule has 0 bridgehead atoms. The van der Waals surface area contributed by atoms with E-state index < -0.39 is 24.3 Å². The molecule has 2 amide bonds. The molecular weight excluding hydrogens is 366 g/mol. The van der Waals surface area contributed by atoms with Crippen molar-refractivity contribution in [3.8, 4) is 6.07 Å². The Bertz CT molecular complexity index is 697. The second-order valence-corrected chi connectivity index (χ2v) is 8.26. The number of carbonyl (C=O) groups is 2. The highest BCUT2D eigenvalue weighted by Gasteiger charge is 2.45. The van der Waals surface area contributed by atoms with Gasteiger partial charge in [0.2, 0.25) is 11.8 Å². The average Bonchev–Trinajstić information content (AvgIpc) is 2.68. The first-order valence-corrected chi connectivity index (χ1v) is 10.0. The molecule has 28 heavy (non-hydrogen) atoms. The number of rotatable bonds is 4. The van der Waals surface area contributed by atoms with Crippen LogP contribution >= 0.6 is 0 Å². The third-order valence-electron chi connectivity index (χ3n) is 6.41. The summed E-state index contributed by atoms with van der Waals surface area (Å²) in [7, 11) is 0. The zero-order chi connectivity index (χ0) is 20.4. The number of carbonyl (C=O) groups excluding carboxylic acids is 2. The van der Waals surface area contributed by atoms with Crippen LogP contribution in [-0.2, 0) is 9.59 Å². The molecule has 0 aromatic carbocycles. The molecule has 6 nitrogen and oxygen atoms in total. The van der Waals surface area contributed by atoms with Gasteiger partial charge in [-0.15, -0.1) is 0 Å². The van der Waals surface area contributed by atoms with E-state index in [0.29, 0.717) is 18.5 Å². The van der Waals surface area contributed by atoms with E-state index in [1.807, 2.05) is 6.92 Å². The van der Waals surface area contributed by atoms with Gasteiger partial charge in [0.15, 0.2) is 0 Å². The quantitative estimate of drug-likeness (QED) is 0.676. The number of fused-ring (bicyclic) bond motifs is 1. The van der Waals surface area contributed by atoms with Gasteiger partial charge in [-0.2, -0.15) is 5.26 Å². The molecule has 6 unspecified atom stereocenters. The molecule has 154 valence electrons. The van der Waals surface area contributed by atoms with E-state index in [1.165, 1.54) is 0 Å². The van der Waals surface area contributed by atoms with E-state index in [1.54, 1.807) is 6.92 Å². The molecule has 2 aliphatic heterocycles. The van der Waals surface area contributed by atoms with Crippen molar-refractivity contribution >= 4 is 11.8 Å². The van der Waals surface area contributed by atoms with E-state index in [9.17, 15) is 18.4 Å². The van der Waals surface area contributed by atoms with Crippen LogP contribution in [0.4, 0.5) is 8.78 Å². The largest absolute Gasteiger partial charge is 0.352 e. The number of nitriles is 1. The molecule has 0 aromatic rings. The van der Waals surface area contributed by atoms with Crippen LogP contribution in [0.25, 0.3) is 0 Å². The number of amides is 2. The van der Waals surface area contributed by atoms with E-state index in [4.69, 9.17) is 5.26 Å². The van der Waals surface area contributed by atoms with Crippen LogP contribution in [0, 0.1) is 23.2 Å². The number of hydrogen-bond donors (Lipinski definition) is 3. The van der Waals surface area contributed by atoms with E-state index in [2.05, 4.69) is 22.0 Å². The summed E-state index contributed by atoms with van der Waals surface area (Å²) in [5.74, 6) is -1.39. The summed E-state index contributed by atoms with van der Waals surface area (Å²) in [6.45, 7) is 4.12. The van der Waals surface area contributed by atoms with Crippen molar-refractivity contribution in [3.05, 3.63) is 11.1 Å². The van der Waals surface area contributed by atoms with Crippen LogP contribution < -0.4 is 16.0 Å². The number of piperidine rings is 1. The zero-order valence-corrected chi connectivity index (χ0v) is 16.3. The lowest BCUT2D eigenvalue weighted by Gasteiger charge is -2.41. The van der Waals surface area contributed by atoms with Crippen molar-refractivity contribution in [3.63, 3.8) is 0 Å². The van der Waals surface area contributed by atoms with Crippen molar-refractivity contribution < 1.29 is 18.4 Å². The first-order valence-electron chi connectivity index (χ1n) is 10.0. The molecule has 0 radical (unpaired) electrons. The Balaban J connectivity index is 1.62. The Labute approximate surface area is 164 Å². The summed E-state index contributed by atoms with van der Waals surface area (Å²) in [6.07, 6.45) is -1.26. The van der Waals surface area contributed by atoms with Crippen molar-refractivity contribution in [1.29, 1.82) is 5.26 Å². The summed E-state index contributed by atoms with van der Waals surface area (Å²) < 4.78 is 28.2. The predicted molar refractivity (Wildman–Crippen MR) is 99.5 cm³/mol. The van der Waals surface area contributed by atoms with E-state index >= 15 is 0 Å². The SMILES string of the molecule is CC1=C(CC(=O)N[C@@H](C)C2CCC(C#N)CN2)C(=O)NC2CCC(F)C(F)C12. The maximum atomic E-state index is 14.4. The van der Waals surface area contributed by atoms with Crippen molar-refractivity contribution in [1.82, 2.24) is 16.0 Å². The van der Waals surface area contributed by atoms with Gasteiger partial charge < -0.3 is 16.0 Å². The molecule has 3 N–H and O–H groups in total. The maximum Gasteiger partial charge on any atom is 0.247 e. The molecular formula is C20H28F2N4O2. The van der Waals surface area contributed by atoms with Gasteiger partial charge in [-0.1, -0.05) is 5.57 Å². The van der Waals surface area contributed by atoms with Gasteiger partial charge in [-0.25, -0.2) is 8.78 Å². The lowest BCUT2D eigenvalue weighted by atomic mass is 9.73. The maximum absolute atomic E-state index is 14.4. The number of halogens is 2. The molecule has 1 aliphatic carbocycles. The zero-order valence-electron chi connectivity index (χ0n) is 16.3. The third kappa shape index (κ3) is 4.19. The third-order valence-corrected chi connectivity index (χ3v) is 6.41. The number of alkyl halides is 2. The van der Waals surface area contributed by atoms with E-state index in [-0.39, 0.29) is 48.2 Å². The monoisotopic (exact) mass is 394 g/mol. The highest BCUT2D eigenvalue weighted by Crippen LogP contribution is 2.38. The molecule has 3 rings (SSSR count). The van der Waals surface area contributed by atoms with Crippen LogP contribution in [0.3, 0.4) is 0 Å². The molecule has 1 saturated heterocycles. The standard InChI is InChI=1S/C20H28F2N4O2/c1-10-13(20(28)26-16-6-4-14(21)19(22)18(10)16)7-17(27)25-11(2)15-5-3-12(8-23)9-24-15/h11-12,14-16,18-19,24H,3-7,9H2,1-2H3,(H,25,27)(H,26,28)/t11-,12?,14?,15?,16?,18?,19?/m0/s1. The molecule has 2 heterocycles. The summed E-state index contributed by atoms with van der Waals surface area (Å²) in [4.78, 5) is 24.9. The van der Waals surface area contributed by atoms with Gasteiger partial charge in [0.05, 0.1) is 18.4 Å². The Morgan fingerprint density at radius 2 is 2.07 bits per heavy atom. The minimum atomic E-state index is -1.66. The van der Waals surface area contributed by atoms with Crippen molar-refractivity contribution in [2.45, 2.75) is 76.4 Å². The summed E-state index contributed by atoms with van der Waals surface area (Å²) in [5, 5.41) is 17.9.